The molecule has 1 aliphatic rings. The predicted molar refractivity (Wildman–Crippen MR) is 93.6 cm³/mol. The molecular weight excluding hydrogens is 366 g/mol. The molecule has 11 heteroatoms. The number of hydrogen-bond acceptors (Lipinski definition) is 7. The van der Waals surface area contributed by atoms with Crippen molar-refractivity contribution in [3.8, 4) is 0 Å². The van der Waals surface area contributed by atoms with E-state index in [4.69, 9.17) is 14.2 Å². The van der Waals surface area contributed by atoms with Gasteiger partial charge in [-0.3, -0.25) is 14.3 Å². The highest BCUT2D eigenvalue weighted by Gasteiger charge is 2.47. The number of H-pyrrole nitrogens is 1. The first-order chi connectivity index (χ1) is 12.0. The number of nitrogens with zero attached hydrogens (tertiary/aromatic N) is 1. The predicted octanol–water partition coefficient (Wildman–Crippen LogP) is -0.900. The Balaban J connectivity index is 2.39. The van der Waals surface area contributed by atoms with Crippen LogP contribution in [0.15, 0.2) is 15.8 Å². The van der Waals surface area contributed by atoms with Gasteiger partial charge in [-0.1, -0.05) is 0 Å². The van der Waals surface area contributed by atoms with Gasteiger partial charge in [0.25, 0.3) is 5.56 Å². The quantitative estimate of drug-likeness (QED) is 0.616. The van der Waals surface area contributed by atoms with Gasteiger partial charge in [-0.05, 0) is 20.8 Å². The summed E-state index contributed by atoms with van der Waals surface area (Å²) in [4.78, 5) is 26.0. The average molecular weight is 391 g/mol. The first kappa shape index (κ1) is 20.8. The van der Waals surface area contributed by atoms with Crippen LogP contribution in [0.1, 0.15) is 25.6 Å². The lowest BCUT2D eigenvalue weighted by Gasteiger charge is -2.25. The molecule has 1 fully saturated rings. The van der Waals surface area contributed by atoms with E-state index in [-0.39, 0.29) is 12.6 Å². The van der Waals surface area contributed by atoms with Crippen molar-refractivity contribution in [1.29, 1.82) is 0 Å². The molecule has 0 radical (unpaired) electrons. The van der Waals surface area contributed by atoms with Crippen LogP contribution in [0.3, 0.4) is 0 Å². The van der Waals surface area contributed by atoms with Crippen molar-refractivity contribution >= 4 is 10.0 Å². The molecule has 26 heavy (non-hydrogen) atoms. The molecule has 0 amide bonds. The molecular formula is C15H25N3O7S. The van der Waals surface area contributed by atoms with Crippen LogP contribution < -0.4 is 16.0 Å². The van der Waals surface area contributed by atoms with Crippen LogP contribution in [0.2, 0.25) is 0 Å². The highest BCUT2D eigenvalue weighted by Crippen LogP contribution is 2.33. The van der Waals surface area contributed by atoms with Crippen molar-refractivity contribution in [3.05, 3.63) is 32.6 Å². The fourth-order valence-corrected chi connectivity index (χ4v) is 3.30. The molecule has 1 saturated heterocycles. The Labute approximate surface area is 151 Å². The summed E-state index contributed by atoms with van der Waals surface area (Å²) < 4.78 is 43.7. The number of aromatic amines is 1. The molecule has 1 aliphatic heterocycles. The third kappa shape index (κ3) is 4.80. The van der Waals surface area contributed by atoms with E-state index < -0.39 is 45.8 Å². The Hall–Kier alpha value is -1.53. The van der Waals surface area contributed by atoms with Gasteiger partial charge in [0.15, 0.2) is 6.23 Å². The summed E-state index contributed by atoms with van der Waals surface area (Å²) >= 11 is 0. The summed E-state index contributed by atoms with van der Waals surface area (Å²) in [5.74, 6) is 0. The molecule has 2 heterocycles. The smallest absolute Gasteiger partial charge is 0.330 e. The van der Waals surface area contributed by atoms with Gasteiger partial charge in [0, 0.05) is 25.4 Å². The minimum Gasteiger partial charge on any atom is -0.374 e. The maximum Gasteiger partial charge on any atom is 0.330 e. The van der Waals surface area contributed by atoms with E-state index in [1.165, 1.54) is 17.9 Å². The van der Waals surface area contributed by atoms with E-state index in [2.05, 4.69) is 9.71 Å². The van der Waals surface area contributed by atoms with Crippen LogP contribution in [0.25, 0.3) is 0 Å². The molecule has 0 unspecified atom stereocenters. The van der Waals surface area contributed by atoms with E-state index in [9.17, 15) is 18.0 Å². The third-order valence-corrected chi connectivity index (χ3v) is 4.64. The van der Waals surface area contributed by atoms with Gasteiger partial charge in [-0.15, -0.1) is 0 Å². The van der Waals surface area contributed by atoms with Gasteiger partial charge in [-0.2, -0.15) is 0 Å². The fourth-order valence-electron chi connectivity index (χ4n) is 2.83. The van der Waals surface area contributed by atoms with E-state index in [0.717, 1.165) is 6.26 Å². The number of hydrogen-bond donors (Lipinski definition) is 2. The molecule has 1 aromatic rings. The fraction of sp³-hybridized carbons (Fsp3) is 0.733. The summed E-state index contributed by atoms with van der Waals surface area (Å²) in [6.45, 7) is 5.19. The summed E-state index contributed by atoms with van der Waals surface area (Å²) in [6, 6.07) is 0. The van der Waals surface area contributed by atoms with Gasteiger partial charge < -0.3 is 14.2 Å². The van der Waals surface area contributed by atoms with Gasteiger partial charge in [0.2, 0.25) is 10.0 Å². The summed E-state index contributed by atoms with van der Waals surface area (Å²) in [5, 5.41) is 0. The van der Waals surface area contributed by atoms with Crippen LogP contribution in [-0.4, -0.2) is 62.3 Å². The Morgan fingerprint density at radius 3 is 2.54 bits per heavy atom. The zero-order chi connectivity index (χ0) is 19.6. The largest absolute Gasteiger partial charge is 0.374 e. The number of nitrogens with one attached hydrogen (secondary N) is 2. The van der Waals surface area contributed by atoms with Crippen LogP contribution in [-0.2, 0) is 24.2 Å². The Kier molecular flexibility index (Phi) is 6.40. The molecule has 0 saturated carbocycles. The monoisotopic (exact) mass is 391 g/mol. The number of aryl methyl sites for hydroxylation is 1. The SMILES string of the molecule is CO[C@@H]1[C@H](OC(C)C)[C@@H](CNS(C)(=O)=O)O[C@H]1n1cc(C)c(=O)[nH]c1=O. The normalized spacial score (nSPS) is 26.5. The Morgan fingerprint density at radius 2 is 2.00 bits per heavy atom. The van der Waals surface area contributed by atoms with Crippen molar-refractivity contribution in [2.75, 3.05) is 19.9 Å². The summed E-state index contributed by atoms with van der Waals surface area (Å²) in [7, 11) is -1.98. The van der Waals surface area contributed by atoms with Crippen LogP contribution in [0.4, 0.5) is 0 Å². The maximum absolute atomic E-state index is 12.2. The molecule has 0 aliphatic carbocycles. The van der Waals surface area contributed by atoms with Crippen molar-refractivity contribution in [2.45, 2.75) is 51.4 Å². The minimum absolute atomic E-state index is 0.0380. The number of rotatable bonds is 7. The minimum atomic E-state index is -3.43. The Morgan fingerprint density at radius 1 is 1.35 bits per heavy atom. The molecule has 2 rings (SSSR count). The lowest BCUT2D eigenvalue weighted by atomic mass is 10.1. The second kappa shape index (κ2) is 8.01. The summed E-state index contributed by atoms with van der Waals surface area (Å²) in [5.41, 5.74) is -0.793. The third-order valence-electron chi connectivity index (χ3n) is 3.95. The Bertz CT molecular complexity index is 846. The maximum atomic E-state index is 12.2. The van der Waals surface area contributed by atoms with Crippen molar-refractivity contribution in [3.63, 3.8) is 0 Å². The van der Waals surface area contributed by atoms with Crippen molar-refractivity contribution in [2.24, 2.45) is 0 Å². The number of methoxy groups -OCH3 is 1. The zero-order valence-electron chi connectivity index (χ0n) is 15.4. The van der Waals surface area contributed by atoms with Crippen molar-refractivity contribution < 1.29 is 22.6 Å². The zero-order valence-corrected chi connectivity index (χ0v) is 16.2. The number of aromatic nitrogens is 2. The van der Waals surface area contributed by atoms with E-state index in [1.54, 1.807) is 6.92 Å². The first-order valence-electron chi connectivity index (χ1n) is 8.14. The molecule has 0 bridgehead atoms. The molecule has 10 nitrogen and oxygen atoms in total. The lowest BCUT2D eigenvalue weighted by molar-refractivity contribution is -0.0785. The van der Waals surface area contributed by atoms with Crippen molar-refractivity contribution in [1.82, 2.24) is 14.3 Å². The first-order valence-corrected chi connectivity index (χ1v) is 10.0. The highest BCUT2D eigenvalue weighted by molar-refractivity contribution is 7.88. The van der Waals surface area contributed by atoms with Crippen LogP contribution in [0, 0.1) is 6.92 Å². The van der Waals surface area contributed by atoms with Gasteiger partial charge >= 0.3 is 5.69 Å². The topological polar surface area (TPSA) is 129 Å². The number of ether oxygens (including phenoxy) is 3. The average Bonchev–Trinajstić information content (AvgIpc) is 2.85. The molecule has 2 N–H and O–H groups in total. The highest BCUT2D eigenvalue weighted by atomic mass is 32.2. The number of sulfonamides is 1. The molecule has 148 valence electrons. The lowest BCUT2D eigenvalue weighted by Crippen LogP contribution is -2.43. The standard InChI is InChI=1S/C15H25N3O7S/c1-8(2)24-11-10(6-16-26(5,21)22)25-14(12(11)23-4)18-7-9(3)13(19)17-15(18)20/h7-8,10-12,14,16H,6H2,1-5H3,(H,17,19,20)/t10-,11-,12-,14-/m1/s1. The second-order valence-corrected chi connectivity index (χ2v) is 8.35. The molecule has 1 aromatic heterocycles. The molecule has 0 spiro atoms. The van der Waals surface area contributed by atoms with Crippen LogP contribution in [0.5, 0.6) is 0 Å². The molecule has 4 atom stereocenters. The van der Waals surface area contributed by atoms with E-state index in [1.807, 2.05) is 13.8 Å². The van der Waals surface area contributed by atoms with Gasteiger partial charge in [0.1, 0.15) is 18.3 Å². The second-order valence-electron chi connectivity index (χ2n) is 6.51. The van der Waals surface area contributed by atoms with Crippen LogP contribution >= 0.6 is 0 Å². The van der Waals surface area contributed by atoms with Gasteiger partial charge in [-0.25, -0.2) is 17.9 Å². The van der Waals surface area contributed by atoms with Gasteiger partial charge in [0.05, 0.1) is 12.4 Å². The molecule has 0 aromatic carbocycles. The van der Waals surface area contributed by atoms with E-state index >= 15 is 0 Å². The summed E-state index contributed by atoms with van der Waals surface area (Å²) in [6.07, 6.45) is -0.586. The van der Waals surface area contributed by atoms with E-state index in [0.29, 0.717) is 5.56 Å².